The lowest BCUT2D eigenvalue weighted by molar-refractivity contribution is -0.124. The molecule has 1 amide bonds. The molecule has 0 aromatic heterocycles. The molecule has 0 aliphatic carbocycles. The number of rotatable bonds is 8. The molecule has 0 saturated carbocycles. The molecule has 150 valence electrons. The van der Waals surface area contributed by atoms with Crippen molar-refractivity contribution in [2.24, 2.45) is 0 Å². The lowest BCUT2D eigenvalue weighted by atomic mass is 10.1. The third kappa shape index (κ3) is 5.16. The Balaban J connectivity index is 2.01. The highest BCUT2D eigenvalue weighted by atomic mass is 16.5. The number of nitrogens with one attached hydrogen (secondary N) is 1. The summed E-state index contributed by atoms with van der Waals surface area (Å²) < 4.78 is 20.9. The predicted molar refractivity (Wildman–Crippen MR) is 104 cm³/mol. The molecule has 1 N–H and O–H groups in total. The Bertz CT molecular complexity index is 849. The minimum absolute atomic E-state index is 0.276. The summed E-state index contributed by atoms with van der Waals surface area (Å²) >= 11 is 0. The van der Waals surface area contributed by atoms with E-state index in [0.29, 0.717) is 17.2 Å². The number of hydrogen-bond acceptors (Lipinski definition) is 6. The van der Waals surface area contributed by atoms with E-state index < -0.39 is 18.5 Å². The van der Waals surface area contributed by atoms with Crippen LogP contribution in [-0.4, -0.2) is 39.8 Å². The van der Waals surface area contributed by atoms with Crippen molar-refractivity contribution < 1.29 is 28.5 Å². The van der Waals surface area contributed by atoms with Gasteiger partial charge in [-0.25, -0.2) is 4.79 Å². The summed E-state index contributed by atoms with van der Waals surface area (Å²) in [6.07, 6.45) is 0. The van der Waals surface area contributed by atoms with Gasteiger partial charge in [-0.1, -0.05) is 11.6 Å². The average molecular weight is 387 g/mol. The molecule has 7 nitrogen and oxygen atoms in total. The van der Waals surface area contributed by atoms with Crippen molar-refractivity contribution in [1.29, 1.82) is 0 Å². The van der Waals surface area contributed by atoms with E-state index in [1.54, 1.807) is 51.5 Å². The van der Waals surface area contributed by atoms with Crippen LogP contribution >= 0.6 is 0 Å². The molecule has 0 radical (unpaired) electrons. The maximum Gasteiger partial charge on any atom is 0.342 e. The van der Waals surface area contributed by atoms with Gasteiger partial charge in [-0.3, -0.25) is 4.79 Å². The maximum atomic E-state index is 12.3. The van der Waals surface area contributed by atoms with E-state index >= 15 is 0 Å². The number of amides is 1. The third-order valence-electron chi connectivity index (χ3n) is 4.19. The van der Waals surface area contributed by atoms with Crippen LogP contribution < -0.4 is 19.5 Å². The van der Waals surface area contributed by atoms with Gasteiger partial charge in [0.2, 0.25) is 0 Å². The van der Waals surface area contributed by atoms with Crippen LogP contribution in [0, 0.1) is 6.92 Å². The maximum absolute atomic E-state index is 12.3. The van der Waals surface area contributed by atoms with E-state index in [-0.39, 0.29) is 11.6 Å². The summed E-state index contributed by atoms with van der Waals surface area (Å²) in [5.41, 5.74) is 1.91. The fourth-order valence-corrected chi connectivity index (χ4v) is 2.73. The van der Waals surface area contributed by atoms with Gasteiger partial charge in [0.25, 0.3) is 5.91 Å². The van der Waals surface area contributed by atoms with Gasteiger partial charge < -0.3 is 24.3 Å². The first kappa shape index (κ1) is 21.1. The summed E-state index contributed by atoms with van der Waals surface area (Å²) in [6, 6.07) is 10.1. The molecule has 2 aromatic rings. The van der Waals surface area contributed by atoms with Gasteiger partial charge in [0.1, 0.15) is 22.8 Å². The first-order chi connectivity index (χ1) is 13.4. The highest BCUT2D eigenvalue weighted by Crippen LogP contribution is 2.29. The average Bonchev–Trinajstić information content (AvgIpc) is 2.71. The normalized spacial score (nSPS) is 11.3. The van der Waals surface area contributed by atoms with Gasteiger partial charge in [0.15, 0.2) is 6.61 Å². The van der Waals surface area contributed by atoms with Crippen molar-refractivity contribution in [2.75, 3.05) is 27.9 Å². The summed E-state index contributed by atoms with van der Waals surface area (Å²) in [7, 11) is 4.59. The van der Waals surface area contributed by atoms with Gasteiger partial charge in [0.05, 0.1) is 27.4 Å². The van der Waals surface area contributed by atoms with Crippen molar-refractivity contribution in [3.8, 4) is 17.2 Å². The molecule has 28 heavy (non-hydrogen) atoms. The van der Waals surface area contributed by atoms with Crippen LogP contribution in [0.2, 0.25) is 0 Å². The summed E-state index contributed by atoms with van der Waals surface area (Å²) in [5.74, 6) is 0.607. The zero-order valence-corrected chi connectivity index (χ0v) is 16.7. The minimum atomic E-state index is -0.623. The molecular formula is C21H25NO6. The smallest absolute Gasteiger partial charge is 0.342 e. The molecule has 0 aliphatic rings. The Morgan fingerprint density at radius 2 is 1.64 bits per heavy atom. The second-order valence-corrected chi connectivity index (χ2v) is 6.18. The number of carbonyl (C=O) groups is 2. The van der Waals surface area contributed by atoms with E-state index in [0.717, 1.165) is 11.1 Å². The summed E-state index contributed by atoms with van der Waals surface area (Å²) in [6.45, 7) is 3.25. The van der Waals surface area contributed by atoms with Crippen LogP contribution in [0.25, 0.3) is 0 Å². The number of carbonyl (C=O) groups excluding carboxylic acids is 2. The van der Waals surface area contributed by atoms with E-state index in [1.807, 2.05) is 13.0 Å². The lowest BCUT2D eigenvalue weighted by Gasteiger charge is -2.18. The first-order valence-electron chi connectivity index (χ1n) is 8.72. The molecule has 2 rings (SSSR count). The van der Waals surface area contributed by atoms with Crippen LogP contribution in [0.3, 0.4) is 0 Å². The van der Waals surface area contributed by atoms with Crippen LogP contribution in [0.1, 0.15) is 34.5 Å². The van der Waals surface area contributed by atoms with Gasteiger partial charge in [-0.15, -0.1) is 0 Å². The SMILES string of the molecule is COc1ccc(OC)c([C@@H](C)NC(=O)COC(=O)c2cc(C)ccc2OC)c1. The van der Waals surface area contributed by atoms with E-state index in [1.165, 1.54) is 7.11 Å². The highest BCUT2D eigenvalue weighted by molar-refractivity contribution is 5.94. The second-order valence-electron chi connectivity index (χ2n) is 6.18. The topological polar surface area (TPSA) is 83.1 Å². The minimum Gasteiger partial charge on any atom is -0.497 e. The Morgan fingerprint density at radius 1 is 0.964 bits per heavy atom. The van der Waals surface area contributed by atoms with E-state index in [4.69, 9.17) is 18.9 Å². The molecule has 0 spiro atoms. The summed E-state index contributed by atoms with van der Waals surface area (Å²) in [5, 5.41) is 2.79. The molecule has 0 aliphatic heterocycles. The zero-order chi connectivity index (χ0) is 20.7. The third-order valence-corrected chi connectivity index (χ3v) is 4.19. The molecule has 0 heterocycles. The number of benzene rings is 2. The second kappa shape index (κ2) is 9.64. The van der Waals surface area contributed by atoms with E-state index in [2.05, 4.69) is 5.32 Å². The Hall–Kier alpha value is -3.22. The first-order valence-corrected chi connectivity index (χ1v) is 8.72. The molecule has 0 unspecified atom stereocenters. The molecular weight excluding hydrogens is 362 g/mol. The van der Waals surface area contributed by atoms with Crippen molar-refractivity contribution in [3.63, 3.8) is 0 Å². The highest BCUT2D eigenvalue weighted by Gasteiger charge is 2.18. The van der Waals surface area contributed by atoms with Crippen molar-refractivity contribution >= 4 is 11.9 Å². The van der Waals surface area contributed by atoms with Gasteiger partial charge in [-0.2, -0.15) is 0 Å². The monoisotopic (exact) mass is 387 g/mol. The van der Waals surface area contributed by atoms with Crippen LogP contribution in [-0.2, 0) is 9.53 Å². The number of hydrogen-bond donors (Lipinski definition) is 1. The Kier molecular flexibility index (Phi) is 7.26. The Labute approximate surface area is 164 Å². The molecule has 0 saturated heterocycles. The van der Waals surface area contributed by atoms with Gasteiger partial charge in [0, 0.05) is 5.56 Å². The number of ether oxygens (including phenoxy) is 4. The van der Waals surface area contributed by atoms with Crippen molar-refractivity contribution in [2.45, 2.75) is 19.9 Å². The van der Waals surface area contributed by atoms with Crippen molar-refractivity contribution in [1.82, 2.24) is 5.32 Å². The van der Waals surface area contributed by atoms with E-state index in [9.17, 15) is 9.59 Å². The fraction of sp³-hybridized carbons (Fsp3) is 0.333. The molecule has 1 atom stereocenters. The fourth-order valence-electron chi connectivity index (χ4n) is 2.73. The zero-order valence-electron chi connectivity index (χ0n) is 16.7. The standard InChI is InChI=1S/C21H25NO6/c1-13-6-8-19(27-5)17(10-13)21(24)28-12-20(23)22-14(2)16-11-15(25-3)7-9-18(16)26-4/h6-11,14H,12H2,1-5H3,(H,22,23)/t14-/m1/s1. The van der Waals surface area contributed by atoms with Crippen LogP contribution in [0.4, 0.5) is 0 Å². The van der Waals surface area contributed by atoms with Gasteiger partial charge in [-0.05, 0) is 44.2 Å². The molecule has 0 fully saturated rings. The molecule has 7 heteroatoms. The van der Waals surface area contributed by atoms with Crippen LogP contribution in [0.5, 0.6) is 17.2 Å². The van der Waals surface area contributed by atoms with Crippen molar-refractivity contribution in [3.05, 3.63) is 53.1 Å². The number of methoxy groups -OCH3 is 3. The number of esters is 1. The quantitative estimate of drug-likeness (QED) is 0.701. The van der Waals surface area contributed by atoms with Gasteiger partial charge >= 0.3 is 5.97 Å². The number of aryl methyl sites for hydroxylation is 1. The molecule has 0 bridgehead atoms. The lowest BCUT2D eigenvalue weighted by Crippen LogP contribution is -2.31. The summed E-state index contributed by atoms with van der Waals surface area (Å²) in [4.78, 5) is 24.5. The Morgan fingerprint density at radius 3 is 2.29 bits per heavy atom. The molecule has 2 aromatic carbocycles. The van der Waals surface area contributed by atoms with Crippen LogP contribution in [0.15, 0.2) is 36.4 Å². The predicted octanol–water partition coefficient (Wildman–Crippen LogP) is 3.06. The largest absolute Gasteiger partial charge is 0.497 e.